The molecule has 0 saturated heterocycles. The molecule has 2 fully saturated rings. The van der Waals surface area contributed by atoms with Crippen LogP contribution in [0.5, 0.6) is 0 Å². The minimum absolute atomic E-state index is 1.00. The first-order valence-electron chi connectivity index (χ1n) is 8.33. The Kier molecular flexibility index (Phi) is 5.38. The third kappa shape index (κ3) is 3.48. The Morgan fingerprint density at radius 2 is 1.24 bits per heavy atom. The van der Waals surface area contributed by atoms with Gasteiger partial charge in [-0.05, 0) is 23.7 Å². The maximum Gasteiger partial charge on any atom is -0.0360 e. The molecule has 2 atom stereocenters. The molecule has 2 saturated carbocycles. The van der Waals surface area contributed by atoms with Gasteiger partial charge in [-0.2, -0.15) is 0 Å². The molecular weight excluding hydrogens is 204 g/mol. The van der Waals surface area contributed by atoms with Gasteiger partial charge in [0.15, 0.2) is 0 Å². The summed E-state index contributed by atoms with van der Waals surface area (Å²) in [5.41, 5.74) is 0. The van der Waals surface area contributed by atoms with Crippen LogP contribution in [0.25, 0.3) is 0 Å². The van der Waals surface area contributed by atoms with Crippen LogP contribution in [0.4, 0.5) is 0 Å². The standard InChI is InChI=1S/C17H32/c1-3-17(16-12-8-5-9-13-16)14(2)15-10-6-4-7-11-15/h14-17H,3-13H2,1-2H3. The van der Waals surface area contributed by atoms with E-state index in [9.17, 15) is 0 Å². The van der Waals surface area contributed by atoms with Crippen LogP contribution in [0.15, 0.2) is 0 Å². The van der Waals surface area contributed by atoms with Crippen LogP contribution in [-0.2, 0) is 0 Å². The predicted molar refractivity (Wildman–Crippen MR) is 76.1 cm³/mol. The van der Waals surface area contributed by atoms with Crippen LogP contribution in [0.1, 0.15) is 84.5 Å². The molecule has 0 N–H and O–H groups in total. The van der Waals surface area contributed by atoms with E-state index in [0.29, 0.717) is 0 Å². The van der Waals surface area contributed by atoms with Crippen molar-refractivity contribution in [3.63, 3.8) is 0 Å². The third-order valence-electron chi connectivity index (χ3n) is 5.80. The zero-order valence-corrected chi connectivity index (χ0v) is 12.1. The molecule has 0 spiro atoms. The molecule has 0 radical (unpaired) electrons. The quantitative estimate of drug-likeness (QED) is 0.578. The predicted octanol–water partition coefficient (Wildman–Crippen LogP) is 5.81. The topological polar surface area (TPSA) is 0 Å². The first-order valence-corrected chi connectivity index (χ1v) is 8.33. The van der Waals surface area contributed by atoms with E-state index in [1.54, 1.807) is 0 Å². The van der Waals surface area contributed by atoms with E-state index in [2.05, 4.69) is 13.8 Å². The van der Waals surface area contributed by atoms with Crippen molar-refractivity contribution < 1.29 is 0 Å². The molecule has 0 heteroatoms. The molecule has 2 rings (SSSR count). The lowest BCUT2D eigenvalue weighted by Crippen LogP contribution is -2.29. The molecule has 17 heavy (non-hydrogen) atoms. The maximum absolute atomic E-state index is 2.58. The molecule has 2 unspecified atom stereocenters. The smallest absolute Gasteiger partial charge is 0.0360 e. The second-order valence-corrected chi connectivity index (χ2v) is 6.73. The largest absolute Gasteiger partial charge is 0.0651 e. The molecule has 0 aliphatic heterocycles. The minimum atomic E-state index is 1.00. The first kappa shape index (κ1) is 13.4. The van der Waals surface area contributed by atoms with Crippen LogP contribution in [0.3, 0.4) is 0 Å². The molecule has 0 bridgehead atoms. The number of hydrogen-bond donors (Lipinski definition) is 0. The lowest BCUT2D eigenvalue weighted by atomic mass is 9.67. The molecule has 2 aliphatic rings. The van der Waals surface area contributed by atoms with Gasteiger partial charge in [0.1, 0.15) is 0 Å². The summed E-state index contributed by atoms with van der Waals surface area (Å²) in [6.45, 7) is 5.03. The molecule has 0 aromatic heterocycles. The van der Waals surface area contributed by atoms with Crippen LogP contribution < -0.4 is 0 Å². The molecule has 0 aromatic rings. The maximum atomic E-state index is 2.58. The summed E-state index contributed by atoms with van der Waals surface area (Å²) in [7, 11) is 0. The summed E-state index contributed by atoms with van der Waals surface area (Å²) in [6.07, 6.45) is 16.6. The summed E-state index contributed by atoms with van der Waals surface area (Å²) in [6, 6.07) is 0. The van der Waals surface area contributed by atoms with Crippen LogP contribution in [-0.4, -0.2) is 0 Å². The normalized spacial score (nSPS) is 27.9. The van der Waals surface area contributed by atoms with Crippen molar-refractivity contribution in [3.8, 4) is 0 Å². The first-order chi connectivity index (χ1) is 8.33. The molecule has 100 valence electrons. The average molecular weight is 236 g/mol. The van der Waals surface area contributed by atoms with Gasteiger partial charge in [0, 0.05) is 0 Å². The lowest BCUT2D eigenvalue weighted by Gasteiger charge is -2.39. The molecule has 0 amide bonds. The van der Waals surface area contributed by atoms with E-state index in [4.69, 9.17) is 0 Å². The van der Waals surface area contributed by atoms with Crippen molar-refractivity contribution in [2.24, 2.45) is 23.7 Å². The van der Waals surface area contributed by atoms with E-state index < -0.39 is 0 Å². The van der Waals surface area contributed by atoms with Crippen molar-refractivity contribution in [1.82, 2.24) is 0 Å². The van der Waals surface area contributed by atoms with E-state index >= 15 is 0 Å². The summed E-state index contributed by atoms with van der Waals surface area (Å²) < 4.78 is 0. The van der Waals surface area contributed by atoms with Gasteiger partial charge >= 0.3 is 0 Å². The van der Waals surface area contributed by atoms with Gasteiger partial charge in [-0.25, -0.2) is 0 Å². The fourth-order valence-corrected chi connectivity index (χ4v) is 4.71. The highest BCUT2D eigenvalue weighted by atomic mass is 14.4. The van der Waals surface area contributed by atoms with Gasteiger partial charge in [0.25, 0.3) is 0 Å². The Bertz CT molecular complexity index is 196. The van der Waals surface area contributed by atoms with Gasteiger partial charge < -0.3 is 0 Å². The summed E-state index contributed by atoms with van der Waals surface area (Å²) in [5.74, 6) is 4.18. The average Bonchev–Trinajstić information content (AvgIpc) is 2.42. The SMILES string of the molecule is CCC(C1CCCCC1)C(C)C1CCCCC1. The summed E-state index contributed by atoms with van der Waals surface area (Å²) in [4.78, 5) is 0. The van der Waals surface area contributed by atoms with E-state index in [1.807, 2.05) is 0 Å². The zero-order valence-electron chi connectivity index (χ0n) is 12.1. The monoisotopic (exact) mass is 236 g/mol. The molecule has 0 heterocycles. The number of hydrogen-bond acceptors (Lipinski definition) is 0. The lowest BCUT2D eigenvalue weighted by molar-refractivity contribution is 0.116. The summed E-state index contributed by atoms with van der Waals surface area (Å²) in [5, 5.41) is 0. The van der Waals surface area contributed by atoms with Crippen LogP contribution in [0, 0.1) is 23.7 Å². The van der Waals surface area contributed by atoms with Crippen molar-refractivity contribution in [2.75, 3.05) is 0 Å². The van der Waals surface area contributed by atoms with Crippen LogP contribution in [0.2, 0.25) is 0 Å². The highest BCUT2D eigenvalue weighted by molar-refractivity contribution is 4.82. The zero-order chi connectivity index (χ0) is 12.1. The Morgan fingerprint density at radius 1 is 0.765 bits per heavy atom. The Labute approximate surface area is 109 Å². The van der Waals surface area contributed by atoms with Gasteiger partial charge in [-0.1, -0.05) is 84.5 Å². The fraction of sp³-hybridized carbons (Fsp3) is 1.00. The van der Waals surface area contributed by atoms with Crippen molar-refractivity contribution in [1.29, 1.82) is 0 Å². The molecule has 2 aliphatic carbocycles. The van der Waals surface area contributed by atoms with Crippen molar-refractivity contribution >= 4 is 0 Å². The second kappa shape index (κ2) is 6.81. The highest BCUT2D eigenvalue weighted by Gasteiger charge is 2.31. The van der Waals surface area contributed by atoms with Gasteiger partial charge in [0.05, 0.1) is 0 Å². The molecule has 0 nitrogen and oxygen atoms in total. The Hall–Kier alpha value is 0. The van der Waals surface area contributed by atoms with Gasteiger partial charge in [0.2, 0.25) is 0 Å². The van der Waals surface area contributed by atoms with E-state index in [1.165, 1.54) is 70.6 Å². The Balaban J connectivity index is 1.90. The number of rotatable bonds is 4. The molecular formula is C17H32. The van der Waals surface area contributed by atoms with E-state index in [-0.39, 0.29) is 0 Å². The van der Waals surface area contributed by atoms with Crippen molar-refractivity contribution in [3.05, 3.63) is 0 Å². The fourth-order valence-electron chi connectivity index (χ4n) is 4.71. The summed E-state index contributed by atoms with van der Waals surface area (Å²) >= 11 is 0. The Morgan fingerprint density at radius 3 is 1.71 bits per heavy atom. The highest BCUT2D eigenvalue weighted by Crippen LogP contribution is 2.42. The van der Waals surface area contributed by atoms with E-state index in [0.717, 1.165) is 23.7 Å². The third-order valence-corrected chi connectivity index (χ3v) is 5.80. The van der Waals surface area contributed by atoms with Crippen molar-refractivity contribution in [2.45, 2.75) is 84.5 Å². The second-order valence-electron chi connectivity index (χ2n) is 6.73. The van der Waals surface area contributed by atoms with Gasteiger partial charge in [-0.15, -0.1) is 0 Å². The minimum Gasteiger partial charge on any atom is -0.0651 e. The van der Waals surface area contributed by atoms with Crippen LogP contribution >= 0.6 is 0 Å². The van der Waals surface area contributed by atoms with Gasteiger partial charge in [-0.3, -0.25) is 0 Å². The molecule has 0 aromatic carbocycles.